The zero-order valence-corrected chi connectivity index (χ0v) is 12.5. The van der Waals surface area contributed by atoms with E-state index in [9.17, 15) is 0 Å². The molecule has 0 fully saturated rings. The maximum atomic E-state index is 4.48. The molecule has 0 unspecified atom stereocenters. The van der Waals surface area contributed by atoms with Gasteiger partial charge in [0.25, 0.3) is 0 Å². The highest BCUT2D eigenvalue weighted by molar-refractivity contribution is 7.15. The Labute approximate surface area is 113 Å². The number of hydrogen-bond acceptors (Lipinski definition) is 3. The summed E-state index contributed by atoms with van der Waals surface area (Å²) in [6.45, 7) is 10.8. The monoisotopic (exact) mass is 260 g/mol. The van der Waals surface area contributed by atoms with Crippen LogP contribution in [0.4, 0.5) is 10.8 Å². The lowest BCUT2D eigenvalue weighted by Crippen LogP contribution is -2.10. The number of aromatic nitrogens is 1. The third kappa shape index (κ3) is 2.91. The molecule has 2 aromatic rings. The lowest BCUT2D eigenvalue weighted by molar-refractivity contribution is 0.590. The van der Waals surface area contributed by atoms with Crippen molar-refractivity contribution in [3.05, 3.63) is 40.4 Å². The van der Waals surface area contributed by atoms with Gasteiger partial charge in [0.1, 0.15) is 0 Å². The minimum absolute atomic E-state index is 0.201. The number of aryl methyl sites for hydroxylation is 2. The highest BCUT2D eigenvalue weighted by Crippen LogP contribution is 2.27. The number of nitrogens with zero attached hydrogens (tertiary/aromatic N) is 1. The van der Waals surface area contributed by atoms with Gasteiger partial charge in [0.15, 0.2) is 5.13 Å². The standard InChI is InChI=1S/C15H20N2S/c1-10-11(2)18-14(16-10)17-13-8-6-12(7-9-13)15(3,4)5/h6-9H,1-5H3,(H,16,17). The van der Waals surface area contributed by atoms with Gasteiger partial charge in [-0.25, -0.2) is 4.98 Å². The fourth-order valence-electron chi connectivity index (χ4n) is 1.70. The van der Waals surface area contributed by atoms with Crippen molar-refractivity contribution < 1.29 is 0 Å². The molecule has 0 amide bonds. The summed E-state index contributed by atoms with van der Waals surface area (Å²) in [7, 11) is 0. The van der Waals surface area contributed by atoms with Crippen LogP contribution >= 0.6 is 11.3 Å². The van der Waals surface area contributed by atoms with Crippen molar-refractivity contribution in [2.24, 2.45) is 0 Å². The van der Waals surface area contributed by atoms with E-state index in [2.05, 4.69) is 62.3 Å². The Morgan fingerprint density at radius 2 is 1.67 bits per heavy atom. The number of thiazole rings is 1. The molecule has 0 saturated heterocycles. The normalized spacial score (nSPS) is 11.6. The van der Waals surface area contributed by atoms with E-state index in [0.717, 1.165) is 16.5 Å². The van der Waals surface area contributed by atoms with Gasteiger partial charge in [-0.1, -0.05) is 32.9 Å². The van der Waals surface area contributed by atoms with Crippen molar-refractivity contribution in [2.75, 3.05) is 5.32 Å². The SMILES string of the molecule is Cc1nc(Nc2ccc(C(C)(C)C)cc2)sc1C. The number of anilines is 2. The predicted molar refractivity (Wildman–Crippen MR) is 80.0 cm³/mol. The number of hydrogen-bond donors (Lipinski definition) is 1. The van der Waals surface area contributed by atoms with Gasteiger partial charge in [0.05, 0.1) is 5.69 Å². The van der Waals surface area contributed by atoms with E-state index in [4.69, 9.17) is 0 Å². The molecule has 1 aromatic heterocycles. The van der Waals surface area contributed by atoms with E-state index in [1.165, 1.54) is 10.4 Å². The van der Waals surface area contributed by atoms with Gasteiger partial charge in [-0.05, 0) is 37.0 Å². The van der Waals surface area contributed by atoms with Crippen LogP contribution in [-0.4, -0.2) is 4.98 Å². The van der Waals surface area contributed by atoms with Crippen LogP contribution in [0.1, 0.15) is 36.9 Å². The smallest absolute Gasteiger partial charge is 0.187 e. The van der Waals surface area contributed by atoms with Gasteiger partial charge in [-0.15, -0.1) is 11.3 Å². The van der Waals surface area contributed by atoms with Crippen LogP contribution in [0.3, 0.4) is 0 Å². The molecule has 1 N–H and O–H groups in total. The van der Waals surface area contributed by atoms with Crippen LogP contribution in [0.15, 0.2) is 24.3 Å². The molecule has 0 spiro atoms. The molecule has 1 aromatic carbocycles. The topological polar surface area (TPSA) is 24.9 Å². The predicted octanol–water partition coefficient (Wildman–Crippen LogP) is 4.80. The Bertz CT molecular complexity index is 513. The Kier molecular flexibility index (Phi) is 3.44. The molecule has 0 saturated carbocycles. The van der Waals surface area contributed by atoms with E-state index < -0.39 is 0 Å². The summed E-state index contributed by atoms with van der Waals surface area (Å²) in [6, 6.07) is 8.59. The number of rotatable bonds is 2. The molecule has 2 rings (SSSR count). The summed E-state index contributed by atoms with van der Waals surface area (Å²) in [5, 5.41) is 4.32. The summed E-state index contributed by atoms with van der Waals surface area (Å²) in [4.78, 5) is 5.75. The van der Waals surface area contributed by atoms with Crippen molar-refractivity contribution in [3.63, 3.8) is 0 Å². The van der Waals surface area contributed by atoms with E-state index in [1.807, 2.05) is 6.92 Å². The van der Waals surface area contributed by atoms with Crippen LogP contribution < -0.4 is 5.32 Å². The molecular formula is C15H20N2S. The molecule has 0 radical (unpaired) electrons. The molecule has 0 atom stereocenters. The molecule has 0 aliphatic rings. The quantitative estimate of drug-likeness (QED) is 0.839. The Morgan fingerprint density at radius 3 is 2.11 bits per heavy atom. The minimum atomic E-state index is 0.201. The summed E-state index contributed by atoms with van der Waals surface area (Å²) in [5.41, 5.74) is 3.75. The first-order valence-electron chi connectivity index (χ1n) is 6.18. The molecule has 18 heavy (non-hydrogen) atoms. The fourth-order valence-corrected chi connectivity index (χ4v) is 2.54. The minimum Gasteiger partial charge on any atom is -0.332 e. The third-order valence-corrected chi connectivity index (χ3v) is 4.02. The first-order chi connectivity index (χ1) is 8.36. The second kappa shape index (κ2) is 4.73. The first-order valence-corrected chi connectivity index (χ1v) is 6.99. The second-order valence-electron chi connectivity index (χ2n) is 5.61. The highest BCUT2D eigenvalue weighted by atomic mass is 32.1. The zero-order valence-electron chi connectivity index (χ0n) is 11.7. The van der Waals surface area contributed by atoms with Gasteiger partial charge < -0.3 is 5.32 Å². The molecular weight excluding hydrogens is 240 g/mol. The molecule has 0 aliphatic heterocycles. The first kappa shape index (κ1) is 13.1. The third-order valence-electron chi connectivity index (χ3n) is 3.03. The molecule has 2 nitrogen and oxygen atoms in total. The van der Waals surface area contributed by atoms with Crippen molar-refractivity contribution in [3.8, 4) is 0 Å². The van der Waals surface area contributed by atoms with Crippen LogP contribution in [0.5, 0.6) is 0 Å². The average Bonchev–Trinajstić information content (AvgIpc) is 2.57. The summed E-state index contributed by atoms with van der Waals surface area (Å²) in [6.07, 6.45) is 0. The van der Waals surface area contributed by atoms with Gasteiger partial charge in [-0.3, -0.25) is 0 Å². The van der Waals surface area contributed by atoms with Crippen LogP contribution in [0.2, 0.25) is 0 Å². The molecule has 96 valence electrons. The van der Waals surface area contributed by atoms with Crippen LogP contribution in [0, 0.1) is 13.8 Å². The van der Waals surface area contributed by atoms with E-state index >= 15 is 0 Å². The largest absolute Gasteiger partial charge is 0.332 e. The lowest BCUT2D eigenvalue weighted by atomic mass is 9.87. The Morgan fingerprint density at radius 1 is 1.06 bits per heavy atom. The van der Waals surface area contributed by atoms with Gasteiger partial charge >= 0.3 is 0 Å². The Hall–Kier alpha value is -1.35. The van der Waals surface area contributed by atoms with Gasteiger partial charge in [-0.2, -0.15) is 0 Å². The summed E-state index contributed by atoms with van der Waals surface area (Å²) < 4.78 is 0. The summed E-state index contributed by atoms with van der Waals surface area (Å²) in [5.74, 6) is 0. The van der Waals surface area contributed by atoms with Gasteiger partial charge in [0, 0.05) is 10.6 Å². The van der Waals surface area contributed by atoms with Crippen LogP contribution in [0.25, 0.3) is 0 Å². The maximum Gasteiger partial charge on any atom is 0.187 e. The van der Waals surface area contributed by atoms with E-state index in [-0.39, 0.29) is 5.41 Å². The molecule has 3 heteroatoms. The average molecular weight is 260 g/mol. The van der Waals surface area contributed by atoms with Gasteiger partial charge in [0.2, 0.25) is 0 Å². The number of nitrogens with one attached hydrogen (secondary N) is 1. The van der Waals surface area contributed by atoms with E-state index in [0.29, 0.717) is 0 Å². The molecule has 1 heterocycles. The second-order valence-corrected chi connectivity index (χ2v) is 6.82. The van der Waals surface area contributed by atoms with Crippen molar-refractivity contribution >= 4 is 22.2 Å². The van der Waals surface area contributed by atoms with Crippen molar-refractivity contribution in [2.45, 2.75) is 40.0 Å². The van der Waals surface area contributed by atoms with Crippen molar-refractivity contribution in [1.29, 1.82) is 0 Å². The van der Waals surface area contributed by atoms with E-state index in [1.54, 1.807) is 11.3 Å². The zero-order chi connectivity index (χ0) is 13.3. The van der Waals surface area contributed by atoms with Crippen molar-refractivity contribution in [1.82, 2.24) is 4.98 Å². The number of benzene rings is 1. The summed E-state index contributed by atoms with van der Waals surface area (Å²) >= 11 is 1.70. The van der Waals surface area contributed by atoms with Crippen LogP contribution in [-0.2, 0) is 5.41 Å². The Balaban J connectivity index is 2.16. The molecule has 0 bridgehead atoms. The highest BCUT2D eigenvalue weighted by Gasteiger charge is 2.13. The maximum absolute atomic E-state index is 4.48. The molecule has 0 aliphatic carbocycles. The fraction of sp³-hybridized carbons (Fsp3) is 0.400. The lowest BCUT2D eigenvalue weighted by Gasteiger charge is -2.19.